The first-order valence-electron chi connectivity index (χ1n) is 5.24. The van der Waals surface area contributed by atoms with Gasteiger partial charge in [0.05, 0.1) is 16.4 Å². The van der Waals surface area contributed by atoms with E-state index in [0.717, 1.165) is 5.69 Å². The molecule has 0 saturated carbocycles. The lowest BCUT2D eigenvalue weighted by atomic mass is 10.2. The Morgan fingerprint density at radius 3 is 3.00 bits per heavy atom. The Bertz CT molecular complexity index is 512. The summed E-state index contributed by atoms with van der Waals surface area (Å²) in [6.07, 6.45) is 0.646. The summed E-state index contributed by atoms with van der Waals surface area (Å²) in [7, 11) is 0. The average Bonchev–Trinajstić information content (AvgIpc) is 2.70. The van der Waals surface area contributed by atoms with Gasteiger partial charge in [0.15, 0.2) is 5.82 Å². The standard InChI is InChI=1S/C11H13ClN4O/c1-7-15-10(17-16-7)5-6-14-9-4-2-3-8(12)11(9)13/h2-4,14H,5-6,13H2,1H3. The van der Waals surface area contributed by atoms with Crippen LogP contribution >= 0.6 is 11.6 Å². The van der Waals surface area contributed by atoms with Crippen molar-refractivity contribution >= 4 is 23.0 Å². The van der Waals surface area contributed by atoms with E-state index in [0.29, 0.717) is 35.4 Å². The highest BCUT2D eigenvalue weighted by atomic mass is 35.5. The molecule has 2 rings (SSSR count). The highest BCUT2D eigenvalue weighted by Gasteiger charge is 2.04. The van der Waals surface area contributed by atoms with Crippen molar-refractivity contribution in [2.24, 2.45) is 0 Å². The summed E-state index contributed by atoms with van der Waals surface area (Å²) in [5.74, 6) is 1.25. The minimum absolute atomic E-state index is 0.545. The van der Waals surface area contributed by atoms with E-state index in [9.17, 15) is 0 Å². The van der Waals surface area contributed by atoms with Crippen LogP contribution in [0.25, 0.3) is 0 Å². The van der Waals surface area contributed by atoms with Gasteiger partial charge in [-0.1, -0.05) is 22.8 Å². The lowest BCUT2D eigenvalue weighted by molar-refractivity contribution is 0.377. The van der Waals surface area contributed by atoms with Crippen LogP contribution in [0.5, 0.6) is 0 Å². The minimum Gasteiger partial charge on any atom is -0.396 e. The molecule has 5 nitrogen and oxygen atoms in total. The number of hydrogen-bond donors (Lipinski definition) is 2. The van der Waals surface area contributed by atoms with Crippen molar-refractivity contribution in [1.82, 2.24) is 10.1 Å². The molecule has 0 atom stereocenters. The molecule has 0 unspecified atom stereocenters. The van der Waals surface area contributed by atoms with Gasteiger partial charge in [0.25, 0.3) is 0 Å². The molecule has 1 heterocycles. The summed E-state index contributed by atoms with van der Waals surface area (Å²) >= 11 is 5.91. The fraction of sp³-hybridized carbons (Fsp3) is 0.273. The molecular weight excluding hydrogens is 240 g/mol. The second kappa shape index (κ2) is 5.05. The first-order chi connectivity index (χ1) is 8.16. The summed E-state index contributed by atoms with van der Waals surface area (Å²) in [6, 6.07) is 5.47. The summed E-state index contributed by atoms with van der Waals surface area (Å²) in [4.78, 5) is 4.11. The number of nitrogens with two attached hydrogens (primary N) is 1. The van der Waals surface area contributed by atoms with E-state index in [-0.39, 0.29) is 0 Å². The summed E-state index contributed by atoms with van der Waals surface area (Å²) in [5, 5.41) is 7.43. The van der Waals surface area contributed by atoms with Gasteiger partial charge in [-0.2, -0.15) is 4.98 Å². The number of aryl methyl sites for hydroxylation is 1. The minimum atomic E-state index is 0.545. The quantitative estimate of drug-likeness (QED) is 0.817. The molecule has 2 aromatic rings. The zero-order valence-corrected chi connectivity index (χ0v) is 10.2. The number of nitrogens with one attached hydrogen (secondary N) is 1. The Morgan fingerprint density at radius 2 is 2.29 bits per heavy atom. The highest BCUT2D eigenvalue weighted by Crippen LogP contribution is 2.26. The third-order valence-corrected chi connectivity index (χ3v) is 2.61. The number of para-hydroxylation sites is 1. The first kappa shape index (κ1) is 11.7. The number of benzene rings is 1. The van der Waals surface area contributed by atoms with Crippen LogP contribution in [-0.2, 0) is 6.42 Å². The molecular formula is C11H13ClN4O. The smallest absolute Gasteiger partial charge is 0.228 e. The Morgan fingerprint density at radius 1 is 1.47 bits per heavy atom. The SMILES string of the molecule is Cc1noc(CCNc2cccc(Cl)c2N)n1. The van der Waals surface area contributed by atoms with Crippen LogP contribution in [0.4, 0.5) is 11.4 Å². The van der Waals surface area contributed by atoms with Gasteiger partial charge in [-0.15, -0.1) is 0 Å². The molecule has 1 aromatic heterocycles. The molecule has 6 heteroatoms. The van der Waals surface area contributed by atoms with Gasteiger partial charge in [0.1, 0.15) is 0 Å². The van der Waals surface area contributed by atoms with Crippen molar-refractivity contribution in [3.05, 3.63) is 34.9 Å². The van der Waals surface area contributed by atoms with E-state index in [2.05, 4.69) is 15.5 Å². The van der Waals surface area contributed by atoms with Crippen LogP contribution < -0.4 is 11.1 Å². The number of rotatable bonds is 4. The van der Waals surface area contributed by atoms with Gasteiger partial charge in [0, 0.05) is 13.0 Å². The van der Waals surface area contributed by atoms with Crippen molar-refractivity contribution in [3.63, 3.8) is 0 Å². The molecule has 0 aliphatic rings. The van der Waals surface area contributed by atoms with Crippen molar-refractivity contribution in [3.8, 4) is 0 Å². The van der Waals surface area contributed by atoms with Crippen LogP contribution in [0.3, 0.4) is 0 Å². The van der Waals surface area contributed by atoms with Crippen LogP contribution in [0.15, 0.2) is 22.7 Å². The molecule has 0 radical (unpaired) electrons. The fourth-order valence-corrected chi connectivity index (χ4v) is 1.61. The maximum atomic E-state index is 5.91. The average molecular weight is 253 g/mol. The van der Waals surface area contributed by atoms with Crippen LogP contribution in [-0.4, -0.2) is 16.7 Å². The molecule has 0 aliphatic heterocycles. The highest BCUT2D eigenvalue weighted by molar-refractivity contribution is 6.33. The monoisotopic (exact) mass is 252 g/mol. The molecule has 1 aromatic carbocycles. The molecule has 0 saturated heterocycles. The Labute approximate surface area is 104 Å². The molecule has 0 spiro atoms. The van der Waals surface area contributed by atoms with Crippen molar-refractivity contribution in [1.29, 1.82) is 0 Å². The largest absolute Gasteiger partial charge is 0.396 e. The normalized spacial score (nSPS) is 10.5. The molecule has 3 N–H and O–H groups in total. The first-order valence-corrected chi connectivity index (χ1v) is 5.61. The van der Waals surface area contributed by atoms with Gasteiger partial charge in [-0.05, 0) is 19.1 Å². The number of halogens is 1. The van der Waals surface area contributed by atoms with Gasteiger partial charge in [-0.3, -0.25) is 0 Å². The molecule has 0 bridgehead atoms. The van der Waals surface area contributed by atoms with E-state index in [1.807, 2.05) is 12.1 Å². The third-order valence-electron chi connectivity index (χ3n) is 2.28. The van der Waals surface area contributed by atoms with Gasteiger partial charge < -0.3 is 15.6 Å². The van der Waals surface area contributed by atoms with Crippen molar-refractivity contribution in [2.45, 2.75) is 13.3 Å². The summed E-state index contributed by atoms with van der Waals surface area (Å²) in [5.41, 5.74) is 7.19. The number of nitrogen functional groups attached to an aromatic ring is 1. The fourth-order valence-electron chi connectivity index (χ4n) is 1.44. The van der Waals surface area contributed by atoms with Gasteiger partial charge >= 0.3 is 0 Å². The topological polar surface area (TPSA) is 77.0 Å². The van der Waals surface area contributed by atoms with Crippen LogP contribution in [0.1, 0.15) is 11.7 Å². The van der Waals surface area contributed by atoms with Crippen molar-refractivity contribution < 1.29 is 4.52 Å². The lowest BCUT2D eigenvalue weighted by Crippen LogP contribution is -2.07. The summed E-state index contributed by atoms with van der Waals surface area (Å²) < 4.78 is 5.00. The zero-order chi connectivity index (χ0) is 12.3. The van der Waals surface area contributed by atoms with Crippen LogP contribution in [0.2, 0.25) is 5.02 Å². The van der Waals surface area contributed by atoms with Crippen LogP contribution in [0, 0.1) is 6.92 Å². The van der Waals surface area contributed by atoms with E-state index in [4.69, 9.17) is 21.9 Å². The second-order valence-electron chi connectivity index (χ2n) is 3.61. The van der Waals surface area contributed by atoms with Crippen molar-refractivity contribution in [2.75, 3.05) is 17.6 Å². The lowest BCUT2D eigenvalue weighted by Gasteiger charge is -2.08. The van der Waals surface area contributed by atoms with E-state index < -0.39 is 0 Å². The van der Waals surface area contributed by atoms with Gasteiger partial charge in [-0.25, -0.2) is 0 Å². The van der Waals surface area contributed by atoms with E-state index >= 15 is 0 Å². The Hall–Kier alpha value is -1.75. The van der Waals surface area contributed by atoms with Gasteiger partial charge in [0.2, 0.25) is 5.89 Å². The molecule has 0 amide bonds. The molecule has 0 aliphatic carbocycles. The number of aromatic nitrogens is 2. The second-order valence-corrected chi connectivity index (χ2v) is 4.02. The number of nitrogens with zero attached hydrogens (tertiary/aromatic N) is 2. The predicted molar refractivity (Wildman–Crippen MR) is 67.1 cm³/mol. The van der Waals surface area contributed by atoms with E-state index in [1.54, 1.807) is 13.0 Å². The maximum absolute atomic E-state index is 5.91. The third kappa shape index (κ3) is 2.88. The Kier molecular flexibility index (Phi) is 3.49. The number of hydrogen-bond acceptors (Lipinski definition) is 5. The molecule has 90 valence electrons. The maximum Gasteiger partial charge on any atom is 0.228 e. The van der Waals surface area contributed by atoms with E-state index in [1.165, 1.54) is 0 Å². The predicted octanol–water partition coefficient (Wildman–Crippen LogP) is 2.27. The summed E-state index contributed by atoms with van der Waals surface area (Å²) in [6.45, 7) is 2.45. The zero-order valence-electron chi connectivity index (χ0n) is 9.40. The Balaban J connectivity index is 1.92. The molecule has 17 heavy (non-hydrogen) atoms. The molecule has 0 fully saturated rings. The number of anilines is 2.